The Morgan fingerprint density at radius 1 is 1.20 bits per heavy atom. The van der Waals surface area contributed by atoms with Gasteiger partial charge in [-0.1, -0.05) is 41.0 Å². The van der Waals surface area contributed by atoms with E-state index in [1.807, 2.05) is 27.7 Å². The maximum Gasteiger partial charge on any atom is 0.162 e. The zero-order chi connectivity index (χ0) is 12.1. The zero-order valence-corrected chi connectivity index (χ0v) is 10.7. The molecule has 0 aliphatic heterocycles. The first-order valence-corrected chi connectivity index (χ1v) is 5.81. The molecule has 0 saturated heterocycles. The Morgan fingerprint density at radius 2 is 1.73 bits per heavy atom. The van der Waals surface area contributed by atoms with Gasteiger partial charge in [0.2, 0.25) is 0 Å². The third kappa shape index (κ3) is 4.49. The summed E-state index contributed by atoms with van der Waals surface area (Å²) in [5, 5.41) is 19.8. The van der Waals surface area contributed by atoms with Crippen LogP contribution in [0.4, 0.5) is 0 Å². The van der Waals surface area contributed by atoms with Crippen LogP contribution in [-0.4, -0.2) is 29.2 Å². The summed E-state index contributed by atoms with van der Waals surface area (Å²) in [5.74, 6) is 0.115. The third-order valence-electron chi connectivity index (χ3n) is 2.80. The van der Waals surface area contributed by atoms with E-state index in [2.05, 4.69) is 6.92 Å². The van der Waals surface area contributed by atoms with Crippen LogP contribution in [0.1, 0.15) is 47.5 Å². The Hall–Kier alpha value is -0.120. The van der Waals surface area contributed by atoms with Crippen molar-refractivity contribution < 1.29 is 14.9 Å². The van der Waals surface area contributed by atoms with Gasteiger partial charge >= 0.3 is 0 Å². The predicted molar refractivity (Wildman–Crippen MR) is 61.5 cm³/mol. The lowest BCUT2D eigenvalue weighted by Crippen LogP contribution is -2.44. The smallest absolute Gasteiger partial charge is 0.162 e. The van der Waals surface area contributed by atoms with Crippen LogP contribution < -0.4 is 0 Å². The highest BCUT2D eigenvalue weighted by molar-refractivity contribution is 4.82. The van der Waals surface area contributed by atoms with Gasteiger partial charge in [0.1, 0.15) is 0 Å². The standard InChI is InChI=1S/C12H26O3/c1-6-7-8-15-11(14)12(4,5)10(13)9(2)3/h9-11,13-14H,6-8H2,1-5H3. The molecule has 0 aromatic heterocycles. The van der Waals surface area contributed by atoms with Gasteiger partial charge in [0.15, 0.2) is 6.29 Å². The molecular weight excluding hydrogens is 192 g/mol. The van der Waals surface area contributed by atoms with E-state index in [9.17, 15) is 10.2 Å². The summed E-state index contributed by atoms with van der Waals surface area (Å²) in [6.45, 7) is 10.1. The van der Waals surface area contributed by atoms with Gasteiger partial charge in [-0.25, -0.2) is 0 Å². The molecule has 0 aromatic rings. The Morgan fingerprint density at radius 3 is 2.13 bits per heavy atom. The number of hydrogen-bond acceptors (Lipinski definition) is 3. The highest BCUT2D eigenvalue weighted by atomic mass is 16.6. The number of rotatable bonds is 7. The number of aliphatic hydroxyl groups is 2. The van der Waals surface area contributed by atoms with Crippen molar-refractivity contribution >= 4 is 0 Å². The van der Waals surface area contributed by atoms with Gasteiger partial charge in [-0.3, -0.25) is 0 Å². The molecule has 3 heteroatoms. The highest BCUT2D eigenvalue weighted by Gasteiger charge is 2.37. The van der Waals surface area contributed by atoms with E-state index in [-0.39, 0.29) is 5.92 Å². The Kier molecular flexibility index (Phi) is 6.41. The second-order valence-electron chi connectivity index (χ2n) is 5.09. The van der Waals surface area contributed by atoms with Crippen molar-refractivity contribution in [2.24, 2.45) is 11.3 Å². The lowest BCUT2D eigenvalue weighted by Gasteiger charge is -2.36. The van der Waals surface area contributed by atoms with Crippen LogP contribution in [0.3, 0.4) is 0 Å². The van der Waals surface area contributed by atoms with Gasteiger partial charge in [-0.2, -0.15) is 0 Å². The second kappa shape index (κ2) is 6.46. The van der Waals surface area contributed by atoms with Gasteiger partial charge in [-0.15, -0.1) is 0 Å². The minimum atomic E-state index is -0.901. The van der Waals surface area contributed by atoms with Crippen molar-refractivity contribution in [2.45, 2.75) is 59.9 Å². The molecule has 0 radical (unpaired) electrons. The second-order valence-corrected chi connectivity index (χ2v) is 5.09. The number of ether oxygens (including phenoxy) is 1. The molecule has 0 amide bonds. The molecule has 2 N–H and O–H groups in total. The lowest BCUT2D eigenvalue weighted by molar-refractivity contribution is -0.201. The molecule has 0 fully saturated rings. The summed E-state index contributed by atoms with van der Waals surface area (Å²) in [6, 6.07) is 0. The summed E-state index contributed by atoms with van der Waals surface area (Å²) in [5.41, 5.74) is -0.623. The Balaban J connectivity index is 4.18. The predicted octanol–water partition coefficient (Wildman–Crippen LogP) is 2.16. The maximum absolute atomic E-state index is 9.94. The molecule has 15 heavy (non-hydrogen) atoms. The zero-order valence-electron chi connectivity index (χ0n) is 10.7. The van der Waals surface area contributed by atoms with Crippen LogP contribution in [0.5, 0.6) is 0 Å². The van der Waals surface area contributed by atoms with E-state index in [1.165, 1.54) is 0 Å². The largest absolute Gasteiger partial charge is 0.392 e. The first kappa shape index (κ1) is 14.9. The summed E-state index contributed by atoms with van der Waals surface area (Å²) in [7, 11) is 0. The van der Waals surface area contributed by atoms with Crippen molar-refractivity contribution in [3.8, 4) is 0 Å². The monoisotopic (exact) mass is 218 g/mol. The summed E-state index contributed by atoms with van der Waals surface area (Å²) in [4.78, 5) is 0. The van der Waals surface area contributed by atoms with Crippen LogP contribution in [0, 0.1) is 11.3 Å². The number of hydrogen-bond donors (Lipinski definition) is 2. The van der Waals surface area contributed by atoms with Crippen molar-refractivity contribution in [1.82, 2.24) is 0 Å². The molecular formula is C12H26O3. The van der Waals surface area contributed by atoms with Crippen LogP contribution in [0.25, 0.3) is 0 Å². The molecule has 0 spiro atoms. The molecule has 3 nitrogen and oxygen atoms in total. The van der Waals surface area contributed by atoms with Gasteiger partial charge in [0.05, 0.1) is 6.10 Å². The molecule has 92 valence electrons. The lowest BCUT2D eigenvalue weighted by atomic mass is 9.80. The quantitative estimate of drug-likeness (QED) is 0.508. The highest BCUT2D eigenvalue weighted by Crippen LogP contribution is 2.30. The van der Waals surface area contributed by atoms with Crippen molar-refractivity contribution in [2.75, 3.05) is 6.61 Å². The molecule has 0 saturated carbocycles. The Bertz CT molecular complexity index is 166. The van der Waals surface area contributed by atoms with Gasteiger partial charge < -0.3 is 14.9 Å². The van der Waals surface area contributed by atoms with Crippen molar-refractivity contribution in [1.29, 1.82) is 0 Å². The molecule has 0 heterocycles. The molecule has 0 aliphatic rings. The van der Waals surface area contributed by atoms with Gasteiger partial charge in [0, 0.05) is 12.0 Å². The average molecular weight is 218 g/mol. The van der Waals surface area contributed by atoms with E-state index in [0.717, 1.165) is 12.8 Å². The SMILES string of the molecule is CCCCOC(O)C(C)(C)C(O)C(C)C. The van der Waals surface area contributed by atoms with E-state index < -0.39 is 17.8 Å². The fourth-order valence-corrected chi connectivity index (χ4v) is 1.56. The summed E-state index contributed by atoms with van der Waals surface area (Å²) >= 11 is 0. The van der Waals surface area contributed by atoms with Gasteiger partial charge in [0.25, 0.3) is 0 Å². The maximum atomic E-state index is 9.94. The Labute approximate surface area is 93.5 Å². The van der Waals surface area contributed by atoms with Crippen LogP contribution in [-0.2, 0) is 4.74 Å². The minimum absolute atomic E-state index is 0.115. The third-order valence-corrected chi connectivity index (χ3v) is 2.80. The van der Waals surface area contributed by atoms with E-state index in [1.54, 1.807) is 0 Å². The molecule has 0 aromatic carbocycles. The average Bonchev–Trinajstić information content (AvgIpc) is 2.16. The van der Waals surface area contributed by atoms with Crippen molar-refractivity contribution in [3.63, 3.8) is 0 Å². The first-order chi connectivity index (χ1) is 6.84. The normalized spacial score (nSPS) is 16.8. The van der Waals surface area contributed by atoms with E-state index in [0.29, 0.717) is 6.61 Å². The summed E-state index contributed by atoms with van der Waals surface area (Å²) in [6.07, 6.45) is 0.515. The van der Waals surface area contributed by atoms with E-state index in [4.69, 9.17) is 4.74 Å². The summed E-state index contributed by atoms with van der Waals surface area (Å²) < 4.78 is 5.31. The minimum Gasteiger partial charge on any atom is -0.392 e. The van der Waals surface area contributed by atoms with Crippen LogP contribution in [0.2, 0.25) is 0 Å². The molecule has 0 rings (SSSR count). The first-order valence-electron chi connectivity index (χ1n) is 5.81. The number of unbranched alkanes of at least 4 members (excludes halogenated alkanes) is 1. The van der Waals surface area contributed by atoms with Crippen molar-refractivity contribution in [3.05, 3.63) is 0 Å². The molecule has 0 bridgehead atoms. The van der Waals surface area contributed by atoms with Crippen LogP contribution >= 0.6 is 0 Å². The molecule has 2 unspecified atom stereocenters. The molecule has 0 aliphatic carbocycles. The van der Waals surface area contributed by atoms with Gasteiger partial charge in [-0.05, 0) is 12.3 Å². The fraction of sp³-hybridized carbons (Fsp3) is 1.00. The topological polar surface area (TPSA) is 49.7 Å². The van der Waals surface area contributed by atoms with E-state index >= 15 is 0 Å². The molecule has 2 atom stereocenters. The van der Waals surface area contributed by atoms with Crippen LogP contribution in [0.15, 0.2) is 0 Å². The number of aliphatic hydroxyl groups excluding tert-OH is 2. The fourth-order valence-electron chi connectivity index (χ4n) is 1.56.